The smallest absolute Gasteiger partial charge is 0.308 e. The second kappa shape index (κ2) is 7.94. The van der Waals surface area contributed by atoms with Crippen molar-refractivity contribution in [3.05, 3.63) is 95.6 Å². The quantitative estimate of drug-likeness (QED) is 0.613. The summed E-state index contributed by atoms with van der Waals surface area (Å²) in [4.78, 5) is 28.7. The van der Waals surface area contributed by atoms with Gasteiger partial charge in [-0.3, -0.25) is 9.69 Å². The monoisotopic (exact) mass is 451 g/mol. The van der Waals surface area contributed by atoms with Crippen LogP contribution in [0, 0.1) is 11.6 Å². The highest BCUT2D eigenvalue weighted by atomic mass is 32.2. The van der Waals surface area contributed by atoms with E-state index in [1.165, 1.54) is 53.1 Å². The second-order valence-corrected chi connectivity index (χ2v) is 8.91. The van der Waals surface area contributed by atoms with E-state index in [0.717, 1.165) is 5.56 Å². The van der Waals surface area contributed by atoms with Crippen molar-refractivity contribution in [2.24, 2.45) is 0 Å². The number of amides is 3. The predicted molar refractivity (Wildman–Crippen MR) is 120 cm³/mol. The number of nitrogens with one attached hydrogen (secondary N) is 1. The molecule has 0 radical (unpaired) electrons. The van der Waals surface area contributed by atoms with E-state index in [1.807, 2.05) is 30.3 Å². The Hall–Kier alpha value is -3.39. The van der Waals surface area contributed by atoms with Gasteiger partial charge in [-0.15, -0.1) is 11.8 Å². The fourth-order valence-electron chi connectivity index (χ4n) is 4.23. The van der Waals surface area contributed by atoms with Crippen molar-refractivity contribution in [3.8, 4) is 0 Å². The molecule has 5 nitrogen and oxygen atoms in total. The summed E-state index contributed by atoms with van der Waals surface area (Å²) in [5, 5.41) is 2.74. The lowest BCUT2D eigenvalue weighted by Gasteiger charge is -2.33. The molecule has 0 aromatic heterocycles. The lowest BCUT2D eigenvalue weighted by atomic mass is 10.1. The zero-order chi connectivity index (χ0) is 22.3. The number of carbonyl (C=O) groups is 2. The molecule has 1 fully saturated rings. The van der Waals surface area contributed by atoms with Crippen LogP contribution in [0.3, 0.4) is 0 Å². The zero-order valence-electron chi connectivity index (χ0n) is 16.9. The average Bonchev–Trinajstić information content (AvgIpc) is 3.33. The summed E-state index contributed by atoms with van der Waals surface area (Å²) in [6.07, 6.45) is 0. The zero-order valence-corrected chi connectivity index (χ0v) is 17.7. The van der Waals surface area contributed by atoms with E-state index in [0.29, 0.717) is 35.8 Å². The minimum atomic E-state index is -1.35. The maximum atomic E-state index is 14.3. The topological polar surface area (TPSA) is 52.7 Å². The van der Waals surface area contributed by atoms with Crippen LogP contribution in [-0.4, -0.2) is 29.1 Å². The van der Waals surface area contributed by atoms with E-state index < -0.39 is 22.5 Å². The van der Waals surface area contributed by atoms with Gasteiger partial charge in [0, 0.05) is 23.5 Å². The van der Waals surface area contributed by atoms with Crippen molar-refractivity contribution in [3.63, 3.8) is 0 Å². The molecule has 0 aliphatic carbocycles. The summed E-state index contributed by atoms with van der Waals surface area (Å²) in [5.74, 6) is -0.636. The third kappa shape index (κ3) is 3.31. The Morgan fingerprint density at radius 1 is 1.00 bits per heavy atom. The fraction of sp³-hybridized carbons (Fsp3) is 0.167. The molecule has 32 heavy (non-hydrogen) atoms. The predicted octanol–water partition coefficient (Wildman–Crippen LogP) is 4.95. The Kier molecular flexibility index (Phi) is 5.09. The molecule has 1 spiro atoms. The molecule has 8 heteroatoms. The Morgan fingerprint density at radius 3 is 2.47 bits per heavy atom. The highest BCUT2D eigenvalue weighted by Crippen LogP contribution is 2.54. The molecular formula is C24H19F2N3O2S. The number of urea groups is 1. The molecule has 1 unspecified atom stereocenters. The first kappa shape index (κ1) is 20.5. The van der Waals surface area contributed by atoms with Gasteiger partial charge in [0.2, 0.25) is 0 Å². The Balaban J connectivity index is 1.53. The SMILES string of the molecule is O=C(Nc1ccc(F)cc1)N1CCSC12C(=O)N(Cc1ccccc1)c1ccc(F)cc12. The van der Waals surface area contributed by atoms with Gasteiger partial charge in [0.15, 0.2) is 4.87 Å². The fourth-order valence-corrected chi connectivity index (χ4v) is 5.69. The third-order valence-electron chi connectivity index (χ3n) is 5.68. The largest absolute Gasteiger partial charge is 0.323 e. The Labute approximate surface area is 188 Å². The number of hydrogen-bond donors (Lipinski definition) is 1. The number of anilines is 2. The van der Waals surface area contributed by atoms with E-state index in [9.17, 15) is 18.4 Å². The van der Waals surface area contributed by atoms with E-state index in [2.05, 4.69) is 5.32 Å². The Morgan fingerprint density at radius 2 is 1.72 bits per heavy atom. The highest BCUT2D eigenvalue weighted by molar-refractivity contribution is 8.01. The van der Waals surface area contributed by atoms with Crippen LogP contribution in [0.4, 0.5) is 25.0 Å². The summed E-state index contributed by atoms with van der Waals surface area (Å²) >= 11 is 1.32. The summed E-state index contributed by atoms with van der Waals surface area (Å²) < 4.78 is 27.5. The average molecular weight is 451 g/mol. The van der Waals surface area contributed by atoms with Gasteiger partial charge in [-0.25, -0.2) is 13.6 Å². The normalized spacial score (nSPS) is 19.5. The number of fused-ring (bicyclic) bond motifs is 2. The molecule has 3 aromatic carbocycles. The minimum absolute atomic E-state index is 0.279. The maximum Gasteiger partial charge on any atom is 0.323 e. The lowest BCUT2D eigenvalue weighted by molar-refractivity contribution is -0.123. The first-order chi connectivity index (χ1) is 15.5. The molecule has 2 aliphatic rings. The highest BCUT2D eigenvalue weighted by Gasteiger charge is 2.59. The standard InChI is InChI=1S/C24H19F2N3O2S/c25-17-6-9-19(10-7-17)27-23(31)29-12-13-32-24(29)20-14-18(26)8-11-21(20)28(22(24)30)15-16-4-2-1-3-5-16/h1-11,14H,12-13,15H2,(H,27,31). The lowest BCUT2D eigenvalue weighted by Crippen LogP contribution is -2.51. The number of thioether (sulfide) groups is 1. The van der Waals surface area contributed by atoms with Gasteiger partial charge in [-0.05, 0) is 48.0 Å². The molecular weight excluding hydrogens is 432 g/mol. The molecule has 1 N–H and O–H groups in total. The molecule has 3 amide bonds. The molecule has 0 saturated carbocycles. The van der Waals surface area contributed by atoms with E-state index >= 15 is 0 Å². The summed E-state index contributed by atoms with van der Waals surface area (Å²) in [6, 6.07) is 18.7. The van der Waals surface area contributed by atoms with Gasteiger partial charge in [0.1, 0.15) is 11.6 Å². The van der Waals surface area contributed by atoms with Crippen LogP contribution in [-0.2, 0) is 16.2 Å². The van der Waals surface area contributed by atoms with Crippen molar-refractivity contribution in [2.45, 2.75) is 11.4 Å². The van der Waals surface area contributed by atoms with Crippen LogP contribution in [0.25, 0.3) is 0 Å². The first-order valence-corrected chi connectivity index (χ1v) is 11.1. The number of nitrogens with zero attached hydrogens (tertiary/aromatic N) is 2. The van der Waals surface area contributed by atoms with Crippen LogP contribution in [0.1, 0.15) is 11.1 Å². The maximum absolute atomic E-state index is 14.3. The van der Waals surface area contributed by atoms with Gasteiger partial charge in [-0.2, -0.15) is 0 Å². The number of hydrogen-bond acceptors (Lipinski definition) is 3. The van der Waals surface area contributed by atoms with Gasteiger partial charge in [-0.1, -0.05) is 30.3 Å². The summed E-state index contributed by atoms with van der Waals surface area (Å²) in [6.45, 7) is 0.632. The van der Waals surface area contributed by atoms with Crippen LogP contribution in [0.2, 0.25) is 0 Å². The van der Waals surface area contributed by atoms with Crippen molar-refractivity contribution < 1.29 is 18.4 Å². The second-order valence-electron chi connectivity index (χ2n) is 7.62. The number of halogens is 2. The molecule has 5 rings (SSSR count). The van der Waals surface area contributed by atoms with Crippen molar-refractivity contribution in [2.75, 3.05) is 22.5 Å². The van der Waals surface area contributed by atoms with Crippen LogP contribution in [0.15, 0.2) is 72.8 Å². The van der Waals surface area contributed by atoms with E-state index in [4.69, 9.17) is 0 Å². The van der Waals surface area contributed by atoms with Gasteiger partial charge in [0.25, 0.3) is 5.91 Å². The van der Waals surface area contributed by atoms with Gasteiger partial charge >= 0.3 is 6.03 Å². The van der Waals surface area contributed by atoms with Crippen LogP contribution in [0.5, 0.6) is 0 Å². The summed E-state index contributed by atoms with van der Waals surface area (Å²) in [5.41, 5.74) is 2.40. The number of carbonyl (C=O) groups excluding carboxylic acids is 2. The van der Waals surface area contributed by atoms with Gasteiger partial charge in [0.05, 0.1) is 12.2 Å². The molecule has 0 bridgehead atoms. The van der Waals surface area contributed by atoms with Crippen molar-refractivity contribution >= 4 is 35.1 Å². The third-order valence-corrected chi connectivity index (χ3v) is 7.10. The van der Waals surface area contributed by atoms with E-state index in [1.54, 1.807) is 11.0 Å². The molecule has 1 atom stereocenters. The molecule has 3 aromatic rings. The molecule has 2 aliphatic heterocycles. The summed E-state index contributed by atoms with van der Waals surface area (Å²) in [7, 11) is 0. The minimum Gasteiger partial charge on any atom is -0.308 e. The van der Waals surface area contributed by atoms with Crippen LogP contribution >= 0.6 is 11.8 Å². The van der Waals surface area contributed by atoms with Gasteiger partial charge < -0.3 is 10.2 Å². The number of benzene rings is 3. The number of rotatable bonds is 3. The first-order valence-electron chi connectivity index (χ1n) is 10.1. The van der Waals surface area contributed by atoms with E-state index in [-0.39, 0.29) is 5.91 Å². The molecule has 162 valence electrons. The molecule has 2 heterocycles. The molecule has 1 saturated heterocycles. The van der Waals surface area contributed by atoms with Crippen molar-refractivity contribution in [1.29, 1.82) is 0 Å². The Bertz CT molecular complexity index is 1190. The van der Waals surface area contributed by atoms with Crippen LogP contribution < -0.4 is 10.2 Å². The van der Waals surface area contributed by atoms with Crippen molar-refractivity contribution in [1.82, 2.24) is 4.90 Å².